The number of amides is 1. The molecule has 3 aromatic heterocycles. The van der Waals surface area contributed by atoms with Gasteiger partial charge in [-0.1, -0.05) is 24.1 Å². The molecule has 3 aromatic rings. The Morgan fingerprint density at radius 1 is 1.23 bits per heavy atom. The molecule has 0 aliphatic carbocycles. The SMILES string of the molecule is O=C(Cc1cccs1)N1CCCCCC1c1nc(-c2ccncc2)no1. The first kappa shape index (κ1) is 16.9. The summed E-state index contributed by atoms with van der Waals surface area (Å²) >= 11 is 1.61. The van der Waals surface area contributed by atoms with Crippen molar-refractivity contribution in [3.63, 3.8) is 0 Å². The Morgan fingerprint density at radius 2 is 2.12 bits per heavy atom. The van der Waals surface area contributed by atoms with E-state index in [9.17, 15) is 4.79 Å². The van der Waals surface area contributed by atoms with E-state index in [-0.39, 0.29) is 11.9 Å². The predicted molar refractivity (Wildman–Crippen MR) is 98.5 cm³/mol. The second-order valence-electron chi connectivity index (χ2n) is 6.40. The Kier molecular flexibility index (Phi) is 5.06. The van der Waals surface area contributed by atoms with Crippen molar-refractivity contribution in [2.24, 2.45) is 0 Å². The Labute approximate surface area is 155 Å². The highest BCUT2D eigenvalue weighted by molar-refractivity contribution is 7.10. The highest BCUT2D eigenvalue weighted by atomic mass is 32.1. The second kappa shape index (κ2) is 7.78. The lowest BCUT2D eigenvalue weighted by molar-refractivity contribution is -0.133. The zero-order valence-electron chi connectivity index (χ0n) is 14.4. The van der Waals surface area contributed by atoms with Crippen molar-refractivity contribution >= 4 is 17.2 Å². The van der Waals surface area contributed by atoms with E-state index in [1.54, 1.807) is 23.7 Å². The number of hydrogen-bond acceptors (Lipinski definition) is 6. The van der Waals surface area contributed by atoms with E-state index < -0.39 is 0 Å². The standard InChI is InChI=1S/C19H20N4O2S/c24-17(13-15-5-4-12-26-15)23-11-3-1-2-6-16(23)19-21-18(22-25-19)14-7-9-20-10-8-14/h4-5,7-10,12,16H,1-3,6,11,13H2. The molecule has 0 radical (unpaired) electrons. The molecule has 4 rings (SSSR count). The summed E-state index contributed by atoms with van der Waals surface area (Å²) in [6.45, 7) is 0.738. The first-order chi connectivity index (χ1) is 12.8. The zero-order chi connectivity index (χ0) is 17.8. The maximum Gasteiger partial charge on any atom is 0.249 e. The van der Waals surface area contributed by atoms with Gasteiger partial charge in [0.2, 0.25) is 17.6 Å². The largest absolute Gasteiger partial charge is 0.337 e. The Bertz CT molecular complexity index is 848. The fourth-order valence-electron chi connectivity index (χ4n) is 3.32. The fraction of sp³-hybridized carbons (Fsp3) is 0.368. The summed E-state index contributed by atoms with van der Waals surface area (Å²) in [5.41, 5.74) is 0.861. The highest BCUT2D eigenvalue weighted by Crippen LogP contribution is 2.31. The molecule has 4 heterocycles. The van der Waals surface area contributed by atoms with Crippen molar-refractivity contribution in [1.29, 1.82) is 0 Å². The number of nitrogens with zero attached hydrogens (tertiary/aromatic N) is 4. The molecule has 1 aliphatic heterocycles. The Hall–Kier alpha value is -2.54. The van der Waals surface area contributed by atoms with Crippen LogP contribution in [0.3, 0.4) is 0 Å². The van der Waals surface area contributed by atoms with E-state index in [0.717, 1.165) is 42.7 Å². The minimum absolute atomic E-state index is 0.128. The number of hydrogen-bond donors (Lipinski definition) is 0. The number of rotatable bonds is 4. The van der Waals surface area contributed by atoms with Gasteiger partial charge in [-0.2, -0.15) is 4.98 Å². The minimum atomic E-state index is -0.145. The molecule has 134 valence electrons. The summed E-state index contributed by atoms with van der Waals surface area (Å²) in [5, 5.41) is 6.11. The van der Waals surface area contributed by atoms with Crippen molar-refractivity contribution in [3.05, 3.63) is 52.8 Å². The van der Waals surface area contributed by atoms with Crippen LogP contribution in [0.1, 0.15) is 42.5 Å². The molecule has 0 N–H and O–H groups in total. The Morgan fingerprint density at radius 3 is 2.92 bits per heavy atom. The van der Waals surface area contributed by atoms with Gasteiger partial charge in [0.1, 0.15) is 6.04 Å². The predicted octanol–water partition coefficient (Wildman–Crippen LogP) is 3.88. The van der Waals surface area contributed by atoms with E-state index in [1.807, 2.05) is 34.5 Å². The molecule has 6 nitrogen and oxygen atoms in total. The summed E-state index contributed by atoms with van der Waals surface area (Å²) in [4.78, 5) is 24.5. The maximum absolute atomic E-state index is 12.9. The summed E-state index contributed by atoms with van der Waals surface area (Å²) in [6, 6.07) is 7.53. The summed E-state index contributed by atoms with van der Waals surface area (Å²) in [7, 11) is 0. The van der Waals surface area contributed by atoms with Crippen molar-refractivity contribution in [3.8, 4) is 11.4 Å². The lowest BCUT2D eigenvalue weighted by Crippen LogP contribution is -2.36. The lowest BCUT2D eigenvalue weighted by atomic mass is 10.1. The number of carbonyl (C=O) groups excluding carboxylic acids is 1. The quantitative estimate of drug-likeness (QED) is 0.699. The average molecular weight is 368 g/mol. The van der Waals surface area contributed by atoms with Crippen LogP contribution < -0.4 is 0 Å². The molecule has 7 heteroatoms. The van der Waals surface area contributed by atoms with Crippen molar-refractivity contribution < 1.29 is 9.32 Å². The van der Waals surface area contributed by atoms with Gasteiger partial charge < -0.3 is 9.42 Å². The van der Waals surface area contributed by atoms with Crippen molar-refractivity contribution in [1.82, 2.24) is 20.0 Å². The van der Waals surface area contributed by atoms with Gasteiger partial charge >= 0.3 is 0 Å². The van der Waals surface area contributed by atoms with Crippen LogP contribution in [-0.2, 0) is 11.2 Å². The maximum atomic E-state index is 12.9. The fourth-order valence-corrected chi connectivity index (χ4v) is 4.01. The van der Waals surface area contributed by atoms with Crippen molar-refractivity contribution in [2.75, 3.05) is 6.54 Å². The van der Waals surface area contributed by atoms with E-state index in [0.29, 0.717) is 18.1 Å². The molecular weight excluding hydrogens is 348 g/mol. The number of carbonyl (C=O) groups is 1. The third-order valence-corrected chi connectivity index (χ3v) is 5.52. The van der Waals surface area contributed by atoms with Crippen LogP contribution in [0.2, 0.25) is 0 Å². The second-order valence-corrected chi connectivity index (χ2v) is 7.43. The van der Waals surface area contributed by atoms with E-state index in [2.05, 4.69) is 15.1 Å². The molecule has 1 unspecified atom stereocenters. The zero-order valence-corrected chi connectivity index (χ0v) is 15.2. The van der Waals surface area contributed by atoms with Crippen LogP contribution >= 0.6 is 11.3 Å². The molecule has 26 heavy (non-hydrogen) atoms. The van der Waals surface area contributed by atoms with Crippen LogP contribution in [-0.4, -0.2) is 32.5 Å². The highest BCUT2D eigenvalue weighted by Gasteiger charge is 2.31. The summed E-state index contributed by atoms with van der Waals surface area (Å²) < 4.78 is 5.56. The van der Waals surface area contributed by atoms with Gasteiger partial charge in [-0.15, -0.1) is 11.3 Å². The monoisotopic (exact) mass is 368 g/mol. The van der Waals surface area contributed by atoms with Crippen LogP contribution in [0.4, 0.5) is 0 Å². The molecule has 0 bridgehead atoms. The van der Waals surface area contributed by atoms with Crippen LogP contribution in [0.25, 0.3) is 11.4 Å². The third-order valence-electron chi connectivity index (χ3n) is 4.64. The van der Waals surface area contributed by atoms with Crippen LogP contribution in [0, 0.1) is 0 Å². The molecule has 0 spiro atoms. The molecule has 1 atom stereocenters. The number of pyridine rings is 1. The lowest BCUT2D eigenvalue weighted by Gasteiger charge is -2.27. The molecule has 0 aromatic carbocycles. The smallest absolute Gasteiger partial charge is 0.249 e. The van der Waals surface area contributed by atoms with Gasteiger partial charge in [-0.05, 0) is 36.4 Å². The number of likely N-dealkylation sites (tertiary alicyclic amines) is 1. The van der Waals surface area contributed by atoms with Crippen LogP contribution in [0.5, 0.6) is 0 Å². The minimum Gasteiger partial charge on any atom is -0.337 e. The van der Waals surface area contributed by atoms with E-state index >= 15 is 0 Å². The van der Waals surface area contributed by atoms with Gasteiger partial charge in [0.15, 0.2) is 0 Å². The number of aromatic nitrogens is 3. The average Bonchev–Trinajstić information content (AvgIpc) is 3.30. The molecular formula is C19H20N4O2S. The van der Waals surface area contributed by atoms with Gasteiger partial charge in [-0.25, -0.2) is 0 Å². The first-order valence-corrected chi connectivity index (χ1v) is 9.75. The number of thiophene rings is 1. The van der Waals surface area contributed by atoms with Gasteiger partial charge in [0.25, 0.3) is 0 Å². The van der Waals surface area contributed by atoms with Crippen LogP contribution in [0.15, 0.2) is 46.6 Å². The molecule has 0 saturated carbocycles. The summed E-state index contributed by atoms with van der Waals surface area (Å²) in [6.07, 6.45) is 7.87. The molecule has 1 saturated heterocycles. The molecule has 1 fully saturated rings. The summed E-state index contributed by atoms with van der Waals surface area (Å²) in [5.74, 6) is 1.19. The molecule has 1 aliphatic rings. The van der Waals surface area contributed by atoms with E-state index in [4.69, 9.17) is 4.52 Å². The van der Waals surface area contributed by atoms with E-state index in [1.165, 1.54) is 0 Å². The normalized spacial score (nSPS) is 17.8. The Balaban J connectivity index is 1.57. The third kappa shape index (κ3) is 3.67. The van der Waals surface area contributed by atoms with Gasteiger partial charge in [-0.3, -0.25) is 9.78 Å². The molecule has 1 amide bonds. The van der Waals surface area contributed by atoms with Crippen molar-refractivity contribution in [2.45, 2.75) is 38.1 Å². The van der Waals surface area contributed by atoms with Gasteiger partial charge in [0.05, 0.1) is 6.42 Å². The van der Waals surface area contributed by atoms with Gasteiger partial charge in [0, 0.05) is 29.4 Å². The topological polar surface area (TPSA) is 72.1 Å². The first-order valence-electron chi connectivity index (χ1n) is 8.87.